The Balaban J connectivity index is 2.33. The van der Waals surface area contributed by atoms with Gasteiger partial charge < -0.3 is 20.3 Å². The first kappa shape index (κ1) is 13.5. The van der Waals surface area contributed by atoms with Gasteiger partial charge in [-0.3, -0.25) is 4.79 Å². The smallest absolute Gasteiger partial charge is 0.322 e. The number of esters is 1. The molecular weight excluding hydrogens is 222 g/mol. The van der Waals surface area contributed by atoms with Crippen LogP contribution in [0.4, 0.5) is 0 Å². The molecule has 0 spiro atoms. The molecule has 0 aromatic heterocycles. The lowest BCUT2D eigenvalue weighted by Crippen LogP contribution is -2.33. The molecule has 1 aromatic rings. The molecule has 0 aliphatic heterocycles. The SMILES string of the molecule is COC(=O)C(N)CCOc1ccc(CO)cc1. The normalized spacial score (nSPS) is 11.9. The molecular formula is C12H17NO4. The summed E-state index contributed by atoms with van der Waals surface area (Å²) in [4.78, 5) is 11.0. The van der Waals surface area contributed by atoms with Gasteiger partial charge in [-0.25, -0.2) is 0 Å². The fourth-order valence-corrected chi connectivity index (χ4v) is 1.26. The predicted octanol–water partition coefficient (Wildman–Crippen LogP) is 0.448. The van der Waals surface area contributed by atoms with Crippen LogP contribution in [0.1, 0.15) is 12.0 Å². The molecule has 0 fully saturated rings. The minimum absolute atomic E-state index is 0.00744. The van der Waals surface area contributed by atoms with Crippen LogP contribution in [0, 0.1) is 0 Å². The van der Waals surface area contributed by atoms with Gasteiger partial charge in [0.15, 0.2) is 0 Å². The van der Waals surface area contributed by atoms with Crippen molar-refractivity contribution in [2.45, 2.75) is 19.1 Å². The molecule has 0 aliphatic rings. The number of aliphatic hydroxyl groups is 1. The van der Waals surface area contributed by atoms with Crippen molar-refractivity contribution in [2.24, 2.45) is 5.73 Å². The Hall–Kier alpha value is -1.59. The van der Waals surface area contributed by atoms with Crippen molar-refractivity contribution in [3.63, 3.8) is 0 Å². The summed E-state index contributed by atoms with van der Waals surface area (Å²) in [6.07, 6.45) is 0.397. The van der Waals surface area contributed by atoms with Crippen LogP contribution in [0.25, 0.3) is 0 Å². The average molecular weight is 239 g/mol. The molecule has 1 atom stereocenters. The van der Waals surface area contributed by atoms with Crippen LogP contribution in [-0.4, -0.2) is 30.8 Å². The van der Waals surface area contributed by atoms with Crippen LogP contribution in [0.15, 0.2) is 24.3 Å². The van der Waals surface area contributed by atoms with Crippen molar-refractivity contribution in [3.8, 4) is 5.75 Å². The van der Waals surface area contributed by atoms with Crippen LogP contribution in [0.3, 0.4) is 0 Å². The summed E-state index contributed by atoms with van der Waals surface area (Å²) < 4.78 is 9.90. The van der Waals surface area contributed by atoms with Crippen molar-refractivity contribution in [1.82, 2.24) is 0 Å². The molecule has 17 heavy (non-hydrogen) atoms. The monoisotopic (exact) mass is 239 g/mol. The minimum atomic E-state index is -0.656. The first-order chi connectivity index (χ1) is 8.17. The fraction of sp³-hybridized carbons (Fsp3) is 0.417. The Kier molecular flexibility index (Phi) is 5.45. The maximum absolute atomic E-state index is 11.0. The Morgan fingerprint density at radius 3 is 2.59 bits per heavy atom. The number of carbonyl (C=O) groups is 1. The number of benzene rings is 1. The first-order valence-corrected chi connectivity index (χ1v) is 5.33. The van der Waals surface area contributed by atoms with Crippen molar-refractivity contribution in [1.29, 1.82) is 0 Å². The molecule has 1 unspecified atom stereocenters. The topological polar surface area (TPSA) is 81.8 Å². The van der Waals surface area contributed by atoms with E-state index >= 15 is 0 Å². The number of carbonyl (C=O) groups excluding carboxylic acids is 1. The standard InChI is InChI=1S/C12H17NO4/c1-16-12(15)11(13)6-7-17-10-4-2-9(8-14)3-5-10/h2-5,11,14H,6-8,13H2,1H3. The number of methoxy groups -OCH3 is 1. The maximum Gasteiger partial charge on any atom is 0.322 e. The van der Waals surface area contributed by atoms with Gasteiger partial charge in [0.2, 0.25) is 0 Å². The number of hydrogen-bond donors (Lipinski definition) is 2. The van der Waals surface area contributed by atoms with E-state index in [9.17, 15) is 4.79 Å². The van der Waals surface area contributed by atoms with E-state index in [0.717, 1.165) is 5.56 Å². The van der Waals surface area contributed by atoms with Crippen LogP contribution in [0.2, 0.25) is 0 Å². The van der Waals surface area contributed by atoms with E-state index in [0.29, 0.717) is 18.8 Å². The minimum Gasteiger partial charge on any atom is -0.494 e. The third kappa shape index (κ3) is 4.42. The molecule has 94 valence electrons. The summed E-state index contributed by atoms with van der Waals surface area (Å²) >= 11 is 0. The van der Waals surface area contributed by atoms with Gasteiger partial charge in [0.05, 0.1) is 20.3 Å². The molecule has 1 aromatic carbocycles. The number of aliphatic hydroxyl groups excluding tert-OH is 1. The van der Waals surface area contributed by atoms with Crippen molar-refractivity contribution in [3.05, 3.63) is 29.8 Å². The molecule has 1 rings (SSSR count). The molecule has 3 N–H and O–H groups in total. The summed E-state index contributed by atoms with van der Waals surface area (Å²) in [6, 6.07) is 6.41. The van der Waals surface area contributed by atoms with Crippen LogP contribution in [0.5, 0.6) is 5.75 Å². The highest BCUT2D eigenvalue weighted by Crippen LogP contribution is 2.12. The molecule has 5 heteroatoms. The average Bonchev–Trinajstić information content (AvgIpc) is 2.38. The molecule has 0 saturated carbocycles. The van der Waals surface area contributed by atoms with E-state index in [4.69, 9.17) is 15.6 Å². The molecule has 0 radical (unpaired) electrons. The highest BCUT2D eigenvalue weighted by atomic mass is 16.5. The van der Waals surface area contributed by atoms with Gasteiger partial charge >= 0.3 is 5.97 Å². The van der Waals surface area contributed by atoms with E-state index in [1.807, 2.05) is 0 Å². The van der Waals surface area contributed by atoms with Crippen LogP contribution < -0.4 is 10.5 Å². The summed E-state index contributed by atoms with van der Waals surface area (Å²) in [5.41, 5.74) is 6.37. The Labute approximate surface area is 100 Å². The summed E-state index contributed by atoms with van der Waals surface area (Å²) in [5.74, 6) is 0.239. The van der Waals surface area contributed by atoms with Crippen LogP contribution in [-0.2, 0) is 16.1 Å². The molecule has 0 bridgehead atoms. The van der Waals surface area contributed by atoms with Gasteiger partial charge in [-0.15, -0.1) is 0 Å². The van der Waals surface area contributed by atoms with E-state index < -0.39 is 12.0 Å². The molecule has 0 heterocycles. The summed E-state index contributed by atoms with van der Waals surface area (Å²) in [7, 11) is 1.30. The zero-order valence-corrected chi connectivity index (χ0v) is 9.76. The van der Waals surface area contributed by atoms with Crippen molar-refractivity contribution >= 4 is 5.97 Å². The maximum atomic E-state index is 11.0. The lowest BCUT2D eigenvalue weighted by molar-refractivity contribution is -0.142. The van der Waals surface area contributed by atoms with E-state index in [1.165, 1.54) is 7.11 Å². The van der Waals surface area contributed by atoms with E-state index in [-0.39, 0.29) is 6.61 Å². The summed E-state index contributed by atoms with van der Waals surface area (Å²) in [5, 5.41) is 8.86. The van der Waals surface area contributed by atoms with Gasteiger partial charge in [0.1, 0.15) is 11.8 Å². The lowest BCUT2D eigenvalue weighted by Gasteiger charge is -2.10. The van der Waals surface area contributed by atoms with E-state index in [1.54, 1.807) is 24.3 Å². The van der Waals surface area contributed by atoms with Gasteiger partial charge in [-0.05, 0) is 17.7 Å². The van der Waals surface area contributed by atoms with Crippen molar-refractivity contribution < 1.29 is 19.4 Å². The highest BCUT2D eigenvalue weighted by Gasteiger charge is 2.13. The molecule has 0 aliphatic carbocycles. The third-order valence-electron chi connectivity index (χ3n) is 2.31. The number of rotatable bonds is 6. The second-order valence-corrected chi connectivity index (χ2v) is 3.57. The first-order valence-electron chi connectivity index (χ1n) is 5.33. The zero-order valence-electron chi connectivity index (χ0n) is 9.76. The van der Waals surface area contributed by atoms with Gasteiger partial charge in [-0.1, -0.05) is 12.1 Å². The summed E-state index contributed by atoms with van der Waals surface area (Å²) in [6.45, 7) is 0.349. The Morgan fingerprint density at radius 2 is 2.06 bits per heavy atom. The number of nitrogens with two attached hydrogens (primary N) is 1. The van der Waals surface area contributed by atoms with Gasteiger partial charge in [0, 0.05) is 6.42 Å². The third-order valence-corrected chi connectivity index (χ3v) is 2.31. The molecule has 0 amide bonds. The highest BCUT2D eigenvalue weighted by molar-refractivity contribution is 5.75. The Bertz CT molecular complexity index is 350. The molecule has 5 nitrogen and oxygen atoms in total. The van der Waals surface area contributed by atoms with E-state index in [2.05, 4.69) is 4.74 Å². The lowest BCUT2D eigenvalue weighted by atomic mass is 10.2. The molecule has 0 saturated heterocycles. The fourth-order valence-electron chi connectivity index (χ4n) is 1.26. The Morgan fingerprint density at radius 1 is 1.41 bits per heavy atom. The van der Waals surface area contributed by atoms with Gasteiger partial charge in [-0.2, -0.15) is 0 Å². The number of ether oxygens (including phenoxy) is 2. The second-order valence-electron chi connectivity index (χ2n) is 3.57. The van der Waals surface area contributed by atoms with Crippen molar-refractivity contribution in [2.75, 3.05) is 13.7 Å². The number of hydrogen-bond acceptors (Lipinski definition) is 5. The van der Waals surface area contributed by atoms with Gasteiger partial charge in [0.25, 0.3) is 0 Å². The largest absolute Gasteiger partial charge is 0.494 e. The van der Waals surface area contributed by atoms with Crippen LogP contribution >= 0.6 is 0 Å². The predicted molar refractivity (Wildman–Crippen MR) is 62.5 cm³/mol. The zero-order chi connectivity index (χ0) is 12.7. The second kappa shape index (κ2) is 6.88. The quantitative estimate of drug-likeness (QED) is 0.704.